The average Bonchev–Trinajstić information content (AvgIpc) is 2.59. The Kier molecular flexibility index (Phi) is 2.79. The van der Waals surface area contributed by atoms with Crippen molar-refractivity contribution >= 4 is 15.5 Å². The monoisotopic (exact) mass is 254 g/mol. The van der Waals surface area contributed by atoms with Crippen LogP contribution in [0.2, 0.25) is 0 Å². The van der Waals surface area contributed by atoms with Crippen LogP contribution in [0.25, 0.3) is 0 Å². The van der Waals surface area contributed by atoms with Crippen LogP contribution in [0.15, 0.2) is 24.3 Å². The number of nitrogens with zero attached hydrogens (tertiary/aromatic N) is 1. The lowest BCUT2D eigenvalue weighted by Crippen LogP contribution is -2.38. The standard InChI is InChI=1S/C11H11FN2O2S/c12-9-3-1-2-4-10(9)14-11(7-13)5-6-17(15,16)8-11/h1-4,14H,5-6,8H2. The Balaban J connectivity index is 2.29. The van der Waals surface area contributed by atoms with Gasteiger partial charge < -0.3 is 5.32 Å². The molecule has 1 aromatic rings. The van der Waals surface area contributed by atoms with Crippen molar-refractivity contribution in [3.05, 3.63) is 30.1 Å². The van der Waals surface area contributed by atoms with Gasteiger partial charge in [-0.25, -0.2) is 12.8 Å². The fraction of sp³-hybridized carbons (Fsp3) is 0.364. The molecule has 4 nitrogen and oxygen atoms in total. The summed E-state index contributed by atoms with van der Waals surface area (Å²) < 4.78 is 36.2. The summed E-state index contributed by atoms with van der Waals surface area (Å²) in [5.74, 6) is -0.807. The lowest BCUT2D eigenvalue weighted by molar-refractivity contribution is 0.596. The molecule has 1 unspecified atom stereocenters. The summed E-state index contributed by atoms with van der Waals surface area (Å²) in [6.45, 7) is 0. The van der Waals surface area contributed by atoms with E-state index in [9.17, 15) is 12.8 Å². The molecule has 0 aromatic heterocycles. The van der Waals surface area contributed by atoms with Gasteiger partial charge in [-0.05, 0) is 18.6 Å². The van der Waals surface area contributed by atoms with Crippen LogP contribution in [0.1, 0.15) is 6.42 Å². The number of nitriles is 1. The first kappa shape index (κ1) is 11.9. The van der Waals surface area contributed by atoms with Crippen molar-refractivity contribution in [2.45, 2.75) is 12.0 Å². The van der Waals surface area contributed by atoms with Gasteiger partial charge in [-0.15, -0.1) is 0 Å². The molecule has 1 aliphatic heterocycles. The summed E-state index contributed by atoms with van der Waals surface area (Å²) in [6, 6.07) is 7.86. The summed E-state index contributed by atoms with van der Waals surface area (Å²) in [5, 5.41) is 11.8. The number of nitrogens with one attached hydrogen (secondary N) is 1. The highest BCUT2D eigenvalue weighted by atomic mass is 32.2. The third-order valence-electron chi connectivity index (χ3n) is 2.77. The molecule has 0 spiro atoms. The van der Waals surface area contributed by atoms with Crippen molar-refractivity contribution < 1.29 is 12.8 Å². The van der Waals surface area contributed by atoms with E-state index in [0.717, 1.165) is 0 Å². The lowest BCUT2D eigenvalue weighted by atomic mass is 10.0. The number of hydrogen-bond donors (Lipinski definition) is 1. The normalized spacial score (nSPS) is 26.4. The molecule has 0 saturated carbocycles. The topological polar surface area (TPSA) is 70.0 Å². The molecular weight excluding hydrogens is 243 g/mol. The fourth-order valence-electron chi connectivity index (χ4n) is 1.88. The number of rotatable bonds is 2. The summed E-state index contributed by atoms with van der Waals surface area (Å²) in [6.07, 6.45) is 0.181. The number of anilines is 1. The van der Waals surface area contributed by atoms with Crippen molar-refractivity contribution in [2.24, 2.45) is 0 Å². The minimum Gasteiger partial charge on any atom is -0.364 e. The fourth-order valence-corrected chi connectivity index (χ4v) is 3.72. The Bertz CT molecular complexity index is 579. The maximum Gasteiger partial charge on any atom is 0.153 e. The zero-order chi connectivity index (χ0) is 12.5. The van der Waals surface area contributed by atoms with E-state index in [0.29, 0.717) is 0 Å². The number of sulfone groups is 1. The quantitative estimate of drug-likeness (QED) is 0.864. The lowest BCUT2D eigenvalue weighted by Gasteiger charge is -2.22. The molecule has 2 rings (SSSR count). The van der Waals surface area contributed by atoms with E-state index < -0.39 is 21.2 Å². The number of para-hydroxylation sites is 1. The molecule has 1 aliphatic rings. The minimum atomic E-state index is -3.21. The summed E-state index contributed by atoms with van der Waals surface area (Å²) in [5.41, 5.74) is -1.05. The van der Waals surface area contributed by atoms with Crippen molar-refractivity contribution in [3.63, 3.8) is 0 Å². The molecule has 0 radical (unpaired) electrons. The molecule has 0 amide bonds. The highest BCUT2D eigenvalue weighted by molar-refractivity contribution is 7.91. The van der Waals surface area contributed by atoms with Crippen molar-refractivity contribution in [1.29, 1.82) is 5.26 Å². The van der Waals surface area contributed by atoms with Crippen molar-refractivity contribution in [1.82, 2.24) is 0 Å². The van der Waals surface area contributed by atoms with Crippen LogP contribution in [0, 0.1) is 17.1 Å². The largest absolute Gasteiger partial charge is 0.364 e. The Labute approximate surface area is 99.0 Å². The molecular formula is C11H11FN2O2S. The third kappa shape index (κ3) is 2.39. The maximum absolute atomic E-state index is 13.4. The molecule has 1 saturated heterocycles. The van der Waals surface area contributed by atoms with Crippen LogP contribution in [0.3, 0.4) is 0 Å². The summed E-state index contributed by atoms with van der Waals surface area (Å²) in [4.78, 5) is 0. The first-order chi connectivity index (χ1) is 7.96. The van der Waals surface area contributed by atoms with Crippen LogP contribution in [0.4, 0.5) is 10.1 Å². The Hall–Kier alpha value is -1.61. The number of hydrogen-bond acceptors (Lipinski definition) is 4. The smallest absolute Gasteiger partial charge is 0.153 e. The molecule has 90 valence electrons. The van der Waals surface area contributed by atoms with Gasteiger partial charge in [0, 0.05) is 0 Å². The van der Waals surface area contributed by atoms with E-state index in [1.54, 1.807) is 6.07 Å². The van der Waals surface area contributed by atoms with E-state index in [2.05, 4.69) is 5.32 Å². The van der Waals surface area contributed by atoms with Gasteiger partial charge in [0.1, 0.15) is 11.4 Å². The molecule has 1 fully saturated rings. The summed E-state index contributed by atoms with van der Waals surface area (Å²) in [7, 11) is -3.21. The van der Waals surface area contributed by atoms with E-state index in [4.69, 9.17) is 5.26 Å². The predicted octanol–water partition coefficient (Wildman–Crippen LogP) is 1.32. The zero-order valence-electron chi connectivity index (χ0n) is 8.98. The second kappa shape index (κ2) is 4.00. The zero-order valence-corrected chi connectivity index (χ0v) is 9.80. The van der Waals surface area contributed by atoms with Gasteiger partial charge in [-0.3, -0.25) is 0 Å². The van der Waals surface area contributed by atoms with Crippen LogP contribution in [-0.2, 0) is 9.84 Å². The molecule has 0 aliphatic carbocycles. The van der Waals surface area contributed by atoms with Gasteiger partial charge in [-0.1, -0.05) is 12.1 Å². The number of halogens is 1. The average molecular weight is 254 g/mol. The Morgan fingerprint density at radius 2 is 2.12 bits per heavy atom. The maximum atomic E-state index is 13.4. The van der Waals surface area contributed by atoms with Gasteiger partial charge in [0.15, 0.2) is 9.84 Å². The highest BCUT2D eigenvalue weighted by Crippen LogP contribution is 2.28. The van der Waals surface area contributed by atoms with E-state index in [-0.39, 0.29) is 23.6 Å². The molecule has 1 N–H and O–H groups in total. The SMILES string of the molecule is N#CC1(Nc2ccccc2F)CCS(=O)(=O)C1. The van der Waals surface area contributed by atoms with Crippen LogP contribution < -0.4 is 5.32 Å². The van der Waals surface area contributed by atoms with Gasteiger partial charge in [0.25, 0.3) is 0 Å². The molecule has 1 atom stereocenters. The highest BCUT2D eigenvalue weighted by Gasteiger charge is 2.43. The second-order valence-electron chi connectivity index (χ2n) is 4.14. The minimum absolute atomic E-state index is 0.0397. The first-order valence-electron chi connectivity index (χ1n) is 5.11. The van der Waals surface area contributed by atoms with Crippen LogP contribution >= 0.6 is 0 Å². The van der Waals surface area contributed by atoms with Crippen LogP contribution in [0.5, 0.6) is 0 Å². The first-order valence-corrected chi connectivity index (χ1v) is 6.93. The Morgan fingerprint density at radius 1 is 1.41 bits per heavy atom. The summed E-state index contributed by atoms with van der Waals surface area (Å²) >= 11 is 0. The molecule has 1 aromatic carbocycles. The second-order valence-corrected chi connectivity index (χ2v) is 6.32. The van der Waals surface area contributed by atoms with E-state index in [1.807, 2.05) is 6.07 Å². The van der Waals surface area contributed by atoms with Gasteiger partial charge in [0.2, 0.25) is 0 Å². The van der Waals surface area contributed by atoms with Crippen LogP contribution in [-0.4, -0.2) is 25.5 Å². The third-order valence-corrected chi connectivity index (χ3v) is 4.53. The Morgan fingerprint density at radius 3 is 2.65 bits per heavy atom. The van der Waals surface area contributed by atoms with E-state index >= 15 is 0 Å². The van der Waals surface area contributed by atoms with E-state index in [1.165, 1.54) is 18.2 Å². The number of benzene rings is 1. The van der Waals surface area contributed by atoms with Gasteiger partial charge in [0.05, 0.1) is 23.3 Å². The van der Waals surface area contributed by atoms with Gasteiger partial charge >= 0.3 is 0 Å². The van der Waals surface area contributed by atoms with Gasteiger partial charge in [-0.2, -0.15) is 5.26 Å². The molecule has 1 heterocycles. The van der Waals surface area contributed by atoms with Crippen molar-refractivity contribution in [3.8, 4) is 6.07 Å². The molecule has 6 heteroatoms. The van der Waals surface area contributed by atoms with Crippen molar-refractivity contribution in [2.75, 3.05) is 16.8 Å². The molecule has 0 bridgehead atoms. The molecule has 17 heavy (non-hydrogen) atoms. The predicted molar refractivity (Wildman–Crippen MR) is 61.6 cm³/mol.